The Morgan fingerprint density at radius 2 is 1.83 bits per heavy atom. The minimum absolute atomic E-state index is 0.122. The van der Waals surface area contributed by atoms with E-state index in [1.54, 1.807) is 0 Å². The number of nitrogens with one attached hydrogen (secondary N) is 1. The highest BCUT2D eigenvalue weighted by Gasteiger charge is 2.33. The Hall–Kier alpha value is -2.41. The number of hydrogen-bond donors (Lipinski definition) is 1. The normalized spacial score (nSPS) is 16.3. The van der Waals surface area contributed by atoms with Gasteiger partial charge < -0.3 is 5.32 Å². The van der Waals surface area contributed by atoms with E-state index < -0.39 is 23.6 Å². The molecule has 0 bridgehead atoms. The zero-order valence-electron chi connectivity index (χ0n) is 15.5. The van der Waals surface area contributed by atoms with Gasteiger partial charge >= 0.3 is 6.18 Å². The molecule has 3 rings (SSSR count). The molecule has 1 atom stereocenters. The van der Waals surface area contributed by atoms with Crippen molar-refractivity contribution in [1.29, 1.82) is 0 Å². The van der Waals surface area contributed by atoms with Crippen molar-refractivity contribution in [2.75, 3.05) is 0 Å². The van der Waals surface area contributed by atoms with Gasteiger partial charge in [-0.3, -0.25) is 9.59 Å². The molecule has 0 spiro atoms. The number of amides is 1. The summed E-state index contributed by atoms with van der Waals surface area (Å²) >= 11 is 5.93. The summed E-state index contributed by atoms with van der Waals surface area (Å²) in [6.45, 7) is 0. The molecule has 1 aliphatic rings. The van der Waals surface area contributed by atoms with E-state index in [1.807, 2.05) is 0 Å². The molecule has 1 aromatic heterocycles. The van der Waals surface area contributed by atoms with Crippen LogP contribution in [-0.2, 0) is 11.0 Å². The van der Waals surface area contributed by atoms with E-state index in [4.69, 9.17) is 11.6 Å². The monoisotopic (exact) mass is 424 g/mol. The lowest BCUT2D eigenvalue weighted by atomic mass is 9.88. The van der Waals surface area contributed by atoms with Crippen LogP contribution in [0.5, 0.6) is 0 Å². The summed E-state index contributed by atoms with van der Waals surface area (Å²) in [5, 5.41) is 2.85. The van der Waals surface area contributed by atoms with Crippen LogP contribution in [0.3, 0.4) is 0 Å². The number of alkyl halides is 3. The maximum absolute atomic E-state index is 13.1. The third-order valence-corrected chi connectivity index (χ3v) is 5.29. The van der Waals surface area contributed by atoms with Gasteiger partial charge in [0.05, 0.1) is 5.56 Å². The van der Waals surface area contributed by atoms with E-state index in [0.29, 0.717) is 5.56 Å². The fraction of sp³-hybridized carbons (Fsp3) is 0.381. The van der Waals surface area contributed by atoms with Crippen LogP contribution >= 0.6 is 11.6 Å². The van der Waals surface area contributed by atoms with Crippen LogP contribution in [0.2, 0.25) is 5.15 Å². The second-order valence-corrected chi connectivity index (χ2v) is 7.52. The standard InChI is InChI=1S/C21H20ClF3N2O2/c22-17-12-14(9-10-26-17)18(27-20(29)13-5-2-1-3-6-13)19(28)15-7-4-8-16(11-15)21(23,24)25/h4,7-13,18H,1-3,5-6H2,(H,27,29). The van der Waals surface area contributed by atoms with Gasteiger partial charge in [-0.15, -0.1) is 0 Å². The number of carbonyl (C=O) groups excluding carboxylic acids is 2. The van der Waals surface area contributed by atoms with Gasteiger partial charge in [-0.1, -0.05) is 43.0 Å². The summed E-state index contributed by atoms with van der Waals surface area (Å²) in [6.07, 6.45) is 1.21. The summed E-state index contributed by atoms with van der Waals surface area (Å²) < 4.78 is 39.2. The van der Waals surface area contributed by atoms with Gasteiger partial charge in [-0.2, -0.15) is 13.2 Å². The van der Waals surface area contributed by atoms with Gasteiger partial charge in [-0.25, -0.2) is 4.98 Å². The molecule has 154 valence electrons. The van der Waals surface area contributed by atoms with Gasteiger partial charge in [0.15, 0.2) is 5.78 Å². The van der Waals surface area contributed by atoms with Crippen LogP contribution in [0.25, 0.3) is 0 Å². The van der Waals surface area contributed by atoms with Gasteiger partial charge in [0, 0.05) is 17.7 Å². The van der Waals surface area contributed by atoms with Crippen molar-refractivity contribution in [2.45, 2.75) is 44.3 Å². The number of rotatable bonds is 5. The first kappa shape index (κ1) is 21.3. The highest BCUT2D eigenvalue weighted by Crippen LogP contribution is 2.31. The first-order valence-corrected chi connectivity index (χ1v) is 9.77. The molecule has 1 aliphatic carbocycles. The molecule has 1 aromatic carbocycles. The summed E-state index contributed by atoms with van der Waals surface area (Å²) in [5.74, 6) is -1.12. The minimum Gasteiger partial charge on any atom is -0.342 e. The summed E-state index contributed by atoms with van der Waals surface area (Å²) in [5.41, 5.74) is -0.688. The third-order valence-electron chi connectivity index (χ3n) is 5.08. The van der Waals surface area contributed by atoms with Gasteiger partial charge in [0.25, 0.3) is 0 Å². The quantitative estimate of drug-likeness (QED) is 0.518. The molecule has 2 aromatic rings. The van der Waals surface area contributed by atoms with Crippen LogP contribution in [0, 0.1) is 5.92 Å². The number of nitrogens with zero attached hydrogens (tertiary/aromatic N) is 1. The Labute approximate surface area is 171 Å². The Kier molecular flexibility index (Phi) is 6.57. The average molecular weight is 425 g/mol. The van der Waals surface area contributed by atoms with Crippen molar-refractivity contribution in [3.05, 3.63) is 64.4 Å². The van der Waals surface area contributed by atoms with Crippen LogP contribution in [0.4, 0.5) is 13.2 Å². The smallest absolute Gasteiger partial charge is 0.342 e. The molecule has 1 N–H and O–H groups in total. The predicted molar refractivity (Wildman–Crippen MR) is 102 cm³/mol. The minimum atomic E-state index is -4.57. The second-order valence-electron chi connectivity index (χ2n) is 7.13. The zero-order valence-corrected chi connectivity index (χ0v) is 16.3. The number of ketones is 1. The van der Waals surface area contributed by atoms with Crippen LogP contribution in [0.1, 0.15) is 59.6 Å². The molecule has 0 radical (unpaired) electrons. The first-order chi connectivity index (χ1) is 13.8. The summed E-state index contributed by atoms with van der Waals surface area (Å²) in [4.78, 5) is 29.7. The number of halogens is 4. The molecule has 1 amide bonds. The molecule has 0 saturated heterocycles. The molecule has 1 unspecified atom stereocenters. The van der Waals surface area contributed by atoms with E-state index in [0.717, 1.165) is 44.2 Å². The molecule has 8 heteroatoms. The third kappa shape index (κ3) is 5.35. The lowest BCUT2D eigenvalue weighted by Gasteiger charge is -2.25. The lowest BCUT2D eigenvalue weighted by Crippen LogP contribution is -2.38. The van der Waals surface area contributed by atoms with Crippen molar-refractivity contribution in [1.82, 2.24) is 10.3 Å². The number of Topliss-reactive ketones (excluding diaryl/α,β-unsaturated/α-hetero) is 1. The number of pyridine rings is 1. The number of carbonyl (C=O) groups is 2. The van der Waals surface area contributed by atoms with Gasteiger partial charge in [0.2, 0.25) is 5.91 Å². The van der Waals surface area contributed by atoms with Crippen LogP contribution < -0.4 is 5.32 Å². The Morgan fingerprint density at radius 3 is 2.48 bits per heavy atom. The van der Waals surface area contributed by atoms with E-state index in [1.165, 1.54) is 30.5 Å². The van der Waals surface area contributed by atoms with Crippen LogP contribution in [0.15, 0.2) is 42.6 Å². The fourth-order valence-corrected chi connectivity index (χ4v) is 3.72. The maximum Gasteiger partial charge on any atom is 0.416 e. The summed E-state index contributed by atoms with van der Waals surface area (Å²) in [7, 11) is 0. The molecule has 1 heterocycles. The first-order valence-electron chi connectivity index (χ1n) is 9.39. The Balaban J connectivity index is 1.92. The molecule has 4 nitrogen and oxygen atoms in total. The van der Waals surface area contributed by atoms with Gasteiger partial charge in [-0.05, 0) is 42.7 Å². The van der Waals surface area contributed by atoms with E-state index in [2.05, 4.69) is 10.3 Å². The van der Waals surface area contributed by atoms with Crippen molar-refractivity contribution >= 4 is 23.3 Å². The Bertz CT molecular complexity index is 895. The Morgan fingerprint density at radius 1 is 1.10 bits per heavy atom. The highest BCUT2D eigenvalue weighted by molar-refractivity contribution is 6.29. The topological polar surface area (TPSA) is 59.1 Å². The highest BCUT2D eigenvalue weighted by atomic mass is 35.5. The maximum atomic E-state index is 13.1. The van der Waals surface area contributed by atoms with Crippen molar-refractivity contribution in [2.24, 2.45) is 5.92 Å². The van der Waals surface area contributed by atoms with Crippen molar-refractivity contribution < 1.29 is 22.8 Å². The summed E-state index contributed by atoms with van der Waals surface area (Å²) in [6, 6.07) is 5.98. The number of aromatic nitrogens is 1. The van der Waals surface area contributed by atoms with Crippen LogP contribution in [-0.4, -0.2) is 16.7 Å². The molecular formula is C21H20ClF3N2O2. The number of benzene rings is 1. The molecule has 1 fully saturated rings. The van der Waals surface area contributed by atoms with Gasteiger partial charge in [0.1, 0.15) is 11.2 Å². The zero-order chi connectivity index (χ0) is 21.0. The SMILES string of the molecule is O=C(NC(C(=O)c1cccc(C(F)(F)F)c1)c1ccnc(Cl)c1)C1CCCCC1. The fourth-order valence-electron chi connectivity index (χ4n) is 3.54. The molecular weight excluding hydrogens is 405 g/mol. The van der Waals surface area contributed by atoms with E-state index in [-0.39, 0.29) is 22.5 Å². The van der Waals surface area contributed by atoms with Crippen molar-refractivity contribution in [3.8, 4) is 0 Å². The average Bonchev–Trinajstić information content (AvgIpc) is 2.71. The molecule has 29 heavy (non-hydrogen) atoms. The molecule has 0 aliphatic heterocycles. The van der Waals surface area contributed by atoms with Crippen molar-refractivity contribution in [3.63, 3.8) is 0 Å². The van der Waals surface area contributed by atoms with E-state index in [9.17, 15) is 22.8 Å². The lowest BCUT2D eigenvalue weighted by molar-refractivity contribution is -0.137. The largest absolute Gasteiger partial charge is 0.416 e. The predicted octanol–water partition coefficient (Wildman–Crippen LogP) is 5.37. The number of hydrogen-bond acceptors (Lipinski definition) is 3. The molecule has 1 saturated carbocycles. The van der Waals surface area contributed by atoms with E-state index >= 15 is 0 Å². The second kappa shape index (κ2) is 8.95.